The first kappa shape index (κ1) is 20.4. The molecule has 1 aromatic carbocycles. The van der Waals surface area contributed by atoms with Crippen LogP contribution in [-0.2, 0) is 6.42 Å². The highest BCUT2D eigenvalue weighted by Crippen LogP contribution is 2.34. The Labute approximate surface area is 188 Å². The molecular weight excluding hydrogens is 427 g/mol. The minimum atomic E-state index is -0.810. The molecule has 162 valence electrons. The van der Waals surface area contributed by atoms with Crippen LogP contribution in [0.5, 0.6) is 0 Å². The Kier molecular flexibility index (Phi) is 5.23. The minimum absolute atomic E-state index is 0.129. The molecule has 5 rings (SSSR count). The quantitative estimate of drug-likeness (QED) is 0.612. The molecule has 2 N–H and O–H groups in total. The van der Waals surface area contributed by atoms with E-state index < -0.39 is 6.17 Å². The molecule has 7 nitrogen and oxygen atoms in total. The van der Waals surface area contributed by atoms with Gasteiger partial charge in [-0.25, -0.2) is 14.4 Å². The number of carbonyl (C=O) groups excluding carboxylic acids is 1. The highest BCUT2D eigenvalue weighted by Gasteiger charge is 2.30. The zero-order valence-corrected chi connectivity index (χ0v) is 18.1. The van der Waals surface area contributed by atoms with E-state index in [4.69, 9.17) is 5.73 Å². The molecule has 1 fully saturated rings. The van der Waals surface area contributed by atoms with Crippen LogP contribution in [0.15, 0.2) is 36.5 Å². The lowest BCUT2D eigenvalue weighted by molar-refractivity contribution is 0.0984. The fourth-order valence-corrected chi connectivity index (χ4v) is 5.19. The number of aromatic nitrogens is 2. The number of piperidine rings is 1. The van der Waals surface area contributed by atoms with E-state index in [1.54, 1.807) is 29.3 Å². The number of benzene rings is 1. The molecule has 32 heavy (non-hydrogen) atoms. The average molecular weight is 449 g/mol. The topological polar surface area (TPSA) is 99.1 Å². The lowest BCUT2D eigenvalue weighted by Gasteiger charge is -2.29. The molecule has 0 saturated carbocycles. The van der Waals surface area contributed by atoms with Gasteiger partial charge in [0.2, 0.25) is 0 Å². The maximum atomic E-state index is 13.7. The first-order valence-corrected chi connectivity index (χ1v) is 11.3. The van der Waals surface area contributed by atoms with Gasteiger partial charge < -0.3 is 15.5 Å². The second-order valence-electron chi connectivity index (χ2n) is 7.98. The number of thiazole rings is 1. The number of carbonyl (C=O) groups is 1. The zero-order valence-electron chi connectivity index (χ0n) is 17.3. The summed E-state index contributed by atoms with van der Waals surface area (Å²) in [6.45, 7) is 1.67. The molecule has 0 bridgehead atoms. The van der Waals surface area contributed by atoms with E-state index in [-0.39, 0.29) is 5.91 Å². The zero-order chi connectivity index (χ0) is 22.2. The molecular formula is C23H21FN6OS. The Bertz CT molecular complexity index is 1220. The third-order valence-electron chi connectivity index (χ3n) is 5.86. The number of hydrogen-bond donors (Lipinski definition) is 1. The van der Waals surface area contributed by atoms with Gasteiger partial charge in [-0.15, -0.1) is 11.3 Å². The van der Waals surface area contributed by atoms with Crippen molar-refractivity contribution in [1.29, 1.82) is 5.26 Å². The summed E-state index contributed by atoms with van der Waals surface area (Å²) in [5.41, 5.74) is 8.82. The van der Waals surface area contributed by atoms with Crippen LogP contribution in [0.25, 0.3) is 10.6 Å². The number of nitrogens with zero attached hydrogens (tertiary/aromatic N) is 5. The lowest BCUT2D eigenvalue weighted by atomic mass is 10.1. The van der Waals surface area contributed by atoms with Gasteiger partial charge in [0, 0.05) is 42.6 Å². The lowest BCUT2D eigenvalue weighted by Crippen LogP contribution is -2.37. The van der Waals surface area contributed by atoms with Crippen molar-refractivity contribution in [3.8, 4) is 16.6 Å². The van der Waals surface area contributed by atoms with Gasteiger partial charge >= 0.3 is 0 Å². The van der Waals surface area contributed by atoms with Gasteiger partial charge in [-0.1, -0.05) is 0 Å². The monoisotopic (exact) mass is 448 g/mol. The number of hydrogen-bond acceptors (Lipinski definition) is 7. The summed E-state index contributed by atoms with van der Waals surface area (Å²) in [5.74, 6) is 0.631. The third-order valence-corrected chi connectivity index (χ3v) is 7.00. The van der Waals surface area contributed by atoms with Crippen LogP contribution in [-0.4, -0.2) is 41.7 Å². The SMILES string of the molecule is N#Cc1cc(N2CCc3nc(-c4ccc(N5CCC[C@@H](F)C5)nc4)sc3C2=O)ccc1N. The molecule has 0 unspecified atom stereocenters. The number of halogens is 1. The fraction of sp³-hybridized carbons (Fsp3) is 0.304. The molecule has 0 radical (unpaired) electrons. The Morgan fingerprint density at radius 1 is 1.25 bits per heavy atom. The Morgan fingerprint density at radius 3 is 2.88 bits per heavy atom. The van der Waals surface area contributed by atoms with Crippen molar-refractivity contribution < 1.29 is 9.18 Å². The summed E-state index contributed by atoms with van der Waals surface area (Å²) in [6, 6.07) is 10.9. The van der Waals surface area contributed by atoms with Gasteiger partial charge in [0.15, 0.2) is 0 Å². The Balaban J connectivity index is 1.38. The van der Waals surface area contributed by atoms with Gasteiger partial charge in [-0.2, -0.15) is 5.26 Å². The van der Waals surface area contributed by atoms with Crippen LogP contribution in [0.4, 0.5) is 21.6 Å². The maximum absolute atomic E-state index is 13.7. The number of nitriles is 1. The summed E-state index contributed by atoms with van der Waals surface area (Å²) >= 11 is 1.34. The van der Waals surface area contributed by atoms with Crippen molar-refractivity contribution in [1.82, 2.24) is 9.97 Å². The van der Waals surface area contributed by atoms with Crippen LogP contribution in [0.1, 0.15) is 33.8 Å². The smallest absolute Gasteiger partial charge is 0.270 e. The van der Waals surface area contributed by atoms with Gasteiger partial charge in [-0.3, -0.25) is 4.79 Å². The molecule has 1 atom stereocenters. The van der Waals surface area contributed by atoms with E-state index in [1.807, 2.05) is 17.0 Å². The Hall–Kier alpha value is -3.51. The van der Waals surface area contributed by atoms with Gasteiger partial charge in [0.25, 0.3) is 5.91 Å². The van der Waals surface area contributed by atoms with E-state index >= 15 is 0 Å². The third kappa shape index (κ3) is 3.67. The van der Waals surface area contributed by atoms with E-state index in [0.29, 0.717) is 47.7 Å². The van der Waals surface area contributed by atoms with E-state index in [2.05, 4.69) is 16.0 Å². The molecule has 9 heteroatoms. The molecule has 2 aliphatic heterocycles. The molecule has 1 saturated heterocycles. The van der Waals surface area contributed by atoms with Crippen molar-refractivity contribution >= 4 is 34.4 Å². The molecule has 0 spiro atoms. The maximum Gasteiger partial charge on any atom is 0.270 e. The van der Waals surface area contributed by atoms with Gasteiger partial charge in [-0.05, 0) is 43.2 Å². The molecule has 0 aliphatic carbocycles. The number of nitrogen functional groups attached to an aromatic ring is 1. The van der Waals surface area contributed by atoms with Crippen LogP contribution in [0, 0.1) is 11.3 Å². The van der Waals surface area contributed by atoms with Crippen molar-refractivity contribution in [2.45, 2.75) is 25.4 Å². The number of pyridine rings is 1. The van der Waals surface area contributed by atoms with Crippen molar-refractivity contribution in [3.63, 3.8) is 0 Å². The van der Waals surface area contributed by atoms with Crippen molar-refractivity contribution in [3.05, 3.63) is 52.7 Å². The highest BCUT2D eigenvalue weighted by molar-refractivity contribution is 7.17. The minimum Gasteiger partial charge on any atom is -0.398 e. The van der Waals surface area contributed by atoms with Gasteiger partial charge in [0.1, 0.15) is 27.9 Å². The number of anilines is 3. The second kappa shape index (κ2) is 8.20. The first-order chi connectivity index (χ1) is 15.5. The largest absolute Gasteiger partial charge is 0.398 e. The van der Waals surface area contributed by atoms with Crippen molar-refractivity contribution in [2.24, 2.45) is 0 Å². The van der Waals surface area contributed by atoms with Crippen molar-refractivity contribution in [2.75, 3.05) is 35.2 Å². The van der Waals surface area contributed by atoms with Crippen LogP contribution >= 0.6 is 11.3 Å². The fourth-order valence-electron chi connectivity index (χ4n) is 4.14. The van der Waals surface area contributed by atoms with Crippen LogP contribution < -0.4 is 15.5 Å². The van der Waals surface area contributed by atoms with Gasteiger partial charge in [0.05, 0.1) is 17.8 Å². The molecule has 1 amide bonds. The molecule has 3 aromatic rings. The average Bonchev–Trinajstić information content (AvgIpc) is 3.25. The Morgan fingerprint density at radius 2 is 2.12 bits per heavy atom. The number of amides is 1. The molecule has 2 aliphatic rings. The summed E-state index contributed by atoms with van der Waals surface area (Å²) in [4.78, 5) is 26.6. The summed E-state index contributed by atoms with van der Waals surface area (Å²) in [5, 5.41) is 9.98. The number of alkyl halides is 1. The summed E-state index contributed by atoms with van der Waals surface area (Å²) in [7, 11) is 0. The molecule has 4 heterocycles. The van der Waals surface area contributed by atoms with Crippen LogP contribution in [0.2, 0.25) is 0 Å². The number of nitrogens with two attached hydrogens (primary N) is 1. The van der Waals surface area contributed by atoms with E-state index in [1.165, 1.54) is 11.3 Å². The van der Waals surface area contributed by atoms with E-state index in [0.717, 1.165) is 35.0 Å². The summed E-state index contributed by atoms with van der Waals surface area (Å²) in [6.07, 6.45) is 2.99. The van der Waals surface area contributed by atoms with Crippen LogP contribution in [0.3, 0.4) is 0 Å². The number of fused-ring (bicyclic) bond motifs is 1. The second-order valence-corrected chi connectivity index (χ2v) is 8.97. The normalized spacial score (nSPS) is 18.4. The molecule has 2 aromatic heterocycles. The predicted molar refractivity (Wildman–Crippen MR) is 123 cm³/mol. The standard InChI is InChI=1S/C23H21FN6OS/c24-16-2-1-8-29(13-16)20-6-3-14(12-27-20)22-28-19-7-9-30(23(31)21(19)32-22)17-4-5-18(26)15(10-17)11-25/h3-6,10,12,16H,1-2,7-9,13,26H2/t16-/m1/s1. The number of rotatable bonds is 3. The first-order valence-electron chi connectivity index (χ1n) is 10.5. The highest BCUT2D eigenvalue weighted by atomic mass is 32.1. The van der Waals surface area contributed by atoms with E-state index in [9.17, 15) is 14.4 Å². The predicted octanol–water partition coefficient (Wildman–Crippen LogP) is 3.80. The summed E-state index contributed by atoms with van der Waals surface area (Å²) < 4.78 is 13.7.